The number of nitrogens with one attached hydrogen (secondary N) is 1. The van der Waals surface area contributed by atoms with E-state index >= 15 is 0 Å². The number of nitrogens with zero attached hydrogens (tertiary/aromatic N) is 1. The first-order chi connectivity index (χ1) is 16.1. The summed E-state index contributed by atoms with van der Waals surface area (Å²) in [5, 5.41) is 3.71. The third-order valence-corrected chi connectivity index (χ3v) is 7.40. The van der Waals surface area contributed by atoms with Gasteiger partial charge in [0.25, 0.3) is 0 Å². The predicted molar refractivity (Wildman–Crippen MR) is 126 cm³/mol. The van der Waals surface area contributed by atoms with Crippen LogP contribution in [0.4, 0.5) is 32.0 Å². The summed E-state index contributed by atoms with van der Waals surface area (Å²) in [7, 11) is 0. The lowest BCUT2D eigenvalue weighted by Gasteiger charge is -2.38. The maximum Gasteiger partial charge on any atom is 0.416 e. The minimum atomic E-state index is -4.97. The van der Waals surface area contributed by atoms with Crippen molar-refractivity contribution in [3.63, 3.8) is 0 Å². The van der Waals surface area contributed by atoms with Crippen LogP contribution in [-0.2, 0) is 23.7 Å². The first kappa shape index (κ1) is 27.6. The molecule has 0 fully saturated rings. The summed E-state index contributed by atoms with van der Waals surface area (Å²) in [6.07, 6.45) is -9.32. The third-order valence-electron chi connectivity index (χ3n) is 6.21. The fraction of sp³-hybridized carbons (Fsp3) is 0.458. The Morgan fingerprint density at radius 1 is 1.09 bits per heavy atom. The number of benzene rings is 2. The summed E-state index contributed by atoms with van der Waals surface area (Å²) in [6, 6.07) is 4.27. The van der Waals surface area contributed by atoms with Crippen molar-refractivity contribution in [2.75, 3.05) is 11.9 Å². The molecule has 0 bridgehead atoms. The van der Waals surface area contributed by atoms with Crippen molar-refractivity contribution in [3.8, 4) is 0 Å². The lowest BCUT2D eigenvalue weighted by atomic mass is 9.81. The molecule has 2 atom stereocenters. The highest BCUT2D eigenvalue weighted by atomic mass is 79.9. The van der Waals surface area contributed by atoms with E-state index in [2.05, 4.69) is 21.2 Å². The van der Waals surface area contributed by atoms with Gasteiger partial charge in [-0.25, -0.2) is 0 Å². The molecular weight excluding hydrogens is 562 g/mol. The van der Waals surface area contributed by atoms with Crippen molar-refractivity contribution in [2.24, 2.45) is 11.8 Å². The van der Waals surface area contributed by atoms with Gasteiger partial charge in [0.05, 0.1) is 22.2 Å². The highest BCUT2D eigenvalue weighted by molar-refractivity contribution is 9.10. The van der Waals surface area contributed by atoms with Gasteiger partial charge < -0.3 is 10.2 Å². The zero-order chi connectivity index (χ0) is 26.3. The summed E-state index contributed by atoms with van der Waals surface area (Å²) in [5.74, 6) is -0.518. The van der Waals surface area contributed by atoms with E-state index in [0.29, 0.717) is 45.8 Å². The fourth-order valence-electron chi connectivity index (χ4n) is 4.53. The summed E-state index contributed by atoms with van der Waals surface area (Å²) in [4.78, 5) is 14.2. The first-order valence-corrected chi connectivity index (χ1v) is 12.0. The van der Waals surface area contributed by atoms with E-state index in [9.17, 15) is 31.1 Å². The number of rotatable bonds is 4. The van der Waals surface area contributed by atoms with Gasteiger partial charge in [-0.3, -0.25) is 4.79 Å². The average molecular weight is 586 g/mol. The van der Waals surface area contributed by atoms with Gasteiger partial charge in [-0.1, -0.05) is 25.4 Å². The second-order valence-electron chi connectivity index (χ2n) is 8.98. The van der Waals surface area contributed by atoms with Gasteiger partial charge in [0.2, 0.25) is 5.91 Å². The molecule has 1 amide bonds. The van der Waals surface area contributed by atoms with Crippen molar-refractivity contribution in [1.29, 1.82) is 0 Å². The lowest BCUT2D eigenvalue weighted by Crippen LogP contribution is -2.38. The zero-order valence-corrected chi connectivity index (χ0v) is 21.5. The van der Waals surface area contributed by atoms with Crippen LogP contribution in [0.2, 0.25) is 5.02 Å². The number of hydrogen-bond donors (Lipinski definition) is 1. The topological polar surface area (TPSA) is 32.3 Å². The largest absolute Gasteiger partial charge is 0.416 e. The summed E-state index contributed by atoms with van der Waals surface area (Å²) in [5.41, 5.74) is -1.72. The Bertz CT molecular complexity index is 1070. The number of alkyl halides is 6. The van der Waals surface area contributed by atoms with Gasteiger partial charge in [0.15, 0.2) is 0 Å². The Kier molecular flexibility index (Phi) is 8.06. The van der Waals surface area contributed by atoms with Crippen LogP contribution >= 0.6 is 27.5 Å². The second-order valence-corrected chi connectivity index (χ2v) is 10.2. The molecule has 35 heavy (non-hydrogen) atoms. The number of fused-ring (bicyclic) bond motifs is 1. The van der Waals surface area contributed by atoms with Crippen molar-refractivity contribution in [3.05, 3.63) is 62.1 Å². The molecule has 1 heterocycles. The maximum absolute atomic E-state index is 13.4. The van der Waals surface area contributed by atoms with E-state index in [1.165, 1.54) is 11.8 Å². The summed E-state index contributed by atoms with van der Waals surface area (Å²) >= 11 is 9.64. The van der Waals surface area contributed by atoms with Crippen molar-refractivity contribution in [1.82, 2.24) is 4.90 Å². The molecule has 1 aliphatic heterocycles. The summed E-state index contributed by atoms with van der Waals surface area (Å²) in [6.45, 7) is 5.35. The predicted octanol–water partition coefficient (Wildman–Crippen LogP) is 8.32. The molecule has 0 aliphatic carbocycles. The van der Waals surface area contributed by atoms with Crippen LogP contribution in [-0.4, -0.2) is 17.4 Å². The summed E-state index contributed by atoms with van der Waals surface area (Å²) < 4.78 is 81.0. The van der Waals surface area contributed by atoms with Crippen molar-refractivity contribution >= 4 is 39.1 Å². The molecule has 0 radical (unpaired) electrons. The molecule has 11 heteroatoms. The van der Waals surface area contributed by atoms with Crippen LogP contribution in [0.25, 0.3) is 0 Å². The van der Waals surface area contributed by atoms with E-state index in [0.717, 1.165) is 0 Å². The Morgan fingerprint density at radius 2 is 1.66 bits per heavy atom. The van der Waals surface area contributed by atoms with Crippen LogP contribution in [0.3, 0.4) is 0 Å². The van der Waals surface area contributed by atoms with E-state index in [1.54, 1.807) is 12.1 Å². The lowest BCUT2D eigenvalue weighted by molar-refractivity contribution is -0.143. The Morgan fingerprint density at radius 3 is 2.14 bits per heavy atom. The van der Waals surface area contributed by atoms with Gasteiger partial charge in [-0.15, -0.1) is 0 Å². The van der Waals surface area contributed by atoms with Crippen LogP contribution in [0, 0.1) is 11.8 Å². The number of carbonyl (C=O) groups is 1. The number of hydrogen-bond acceptors (Lipinski definition) is 2. The third kappa shape index (κ3) is 6.25. The van der Waals surface area contributed by atoms with Gasteiger partial charge in [0.1, 0.15) is 0 Å². The van der Waals surface area contributed by atoms with E-state index in [-0.39, 0.29) is 23.5 Å². The maximum atomic E-state index is 13.4. The zero-order valence-electron chi connectivity index (χ0n) is 19.1. The molecule has 3 rings (SSSR count). The molecule has 3 nitrogen and oxygen atoms in total. The molecule has 2 aromatic carbocycles. The van der Waals surface area contributed by atoms with Crippen LogP contribution < -0.4 is 5.32 Å². The smallest absolute Gasteiger partial charge is 0.385 e. The molecule has 2 aromatic rings. The molecule has 1 aliphatic rings. The molecule has 0 aromatic heterocycles. The Labute approximate surface area is 212 Å². The Hall–Kier alpha value is -1.94. The molecule has 0 spiro atoms. The highest BCUT2D eigenvalue weighted by Crippen LogP contribution is 2.45. The van der Waals surface area contributed by atoms with Gasteiger partial charge >= 0.3 is 12.4 Å². The fourth-order valence-corrected chi connectivity index (χ4v) is 5.06. The number of anilines is 1. The van der Waals surface area contributed by atoms with Crippen LogP contribution in [0.1, 0.15) is 55.5 Å². The minimum Gasteiger partial charge on any atom is -0.385 e. The number of halogens is 8. The van der Waals surface area contributed by atoms with E-state index in [1.807, 2.05) is 13.8 Å². The van der Waals surface area contributed by atoms with Crippen molar-refractivity contribution < 1.29 is 31.1 Å². The SMILES string of the molecule is CC(=O)N(Cc1cc(C(F)(F)F)cc(C(F)(F)F)c1)C1c2cc(Br)c(Cl)cc2NCCC1C(C)C. The first-order valence-electron chi connectivity index (χ1n) is 10.9. The van der Waals surface area contributed by atoms with E-state index < -0.39 is 42.0 Å². The van der Waals surface area contributed by atoms with Crippen molar-refractivity contribution in [2.45, 2.75) is 52.1 Å². The molecule has 192 valence electrons. The van der Waals surface area contributed by atoms with Gasteiger partial charge in [-0.05, 0) is 75.6 Å². The molecule has 1 N–H and O–H groups in total. The molecular formula is C24H24BrClF6N2O. The normalized spacial score (nSPS) is 18.6. The average Bonchev–Trinajstić information content (AvgIpc) is 2.90. The molecule has 2 unspecified atom stereocenters. The molecule has 0 saturated heterocycles. The Balaban J connectivity index is 2.17. The number of carbonyl (C=O) groups excluding carboxylic acids is 1. The highest BCUT2D eigenvalue weighted by Gasteiger charge is 2.39. The van der Waals surface area contributed by atoms with Gasteiger partial charge in [0, 0.05) is 30.2 Å². The van der Waals surface area contributed by atoms with E-state index in [4.69, 9.17) is 11.6 Å². The standard InChI is InChI=1S/C24H24BrClF6N2O/c1-12(2)17-4-5-33-21-10-20(26)19(25)9-18(21)22(17)34(13(3)35)11-14-6-15(23(27,28)29)8-16(7-14)24(30,31)32/h6-10,12,17,22,33H,4-5,11H2,1-3H3. The van der Waals surface area contributed by atoms with Crippen LogP contribution in [0.5, 0.6) is 0 Å². The van der Waals surface area contributed by atoms with Crippen LogP contribution in [0.15, 0.2) is 34.8 Å². The van der Waals surface area contributed by atoms with Gasteiger partial charge in [-0.2, -0.15) is 26.3 Å². The second kappa shape index (κ2) is 10.2. The monoisotopic (exact) mass is 584 g/mol. The minimum absolute atomic E-state index is 0.0660. The quantitative estimate of drug-likeness (QED) is 0.366. The number of amides is 1. The molecule has 0 saturated carbocycles.